The predicted molar refractivity (Wildman–Crippen MR) is 110 cm³/mol. The highest BCUT2D eigenvalue weighted by Crippen LogP contribution is 2.19. The van der Waals surface area contributed by atoms with Gasteiger partial charge in [-0.1, -0.05) is 53.8 Å². The molecule has 7 heteroatoms. The van der Waals surface area contributed by atoms with E-state index in [0.29, 0.717) is 6.42 Å². The monoisotopic (exact) mass is 400 g/mol. The van der Waals surface area contributed by atoms with Crippen LogP contribution in [0.1, 0.15) is 28.4 Å². The lowest BCUT2D eigenvalue weighted by Gasteiger charge is -2.01. The molecule has 0 saturated heterocycles. The molecule has 4 rings (SSSR count). The number of methoxy groups -OCH3 is 1. The largest absolute Gasteiger partial charge is 0.497 e. The number of hydrogen-bond donors (Lipinski definition) is 0. The molecule has 2 aromatic carbocycles. The molecule has 0 fully saturated rings. The van der Waals surface area contributed by atoms with Crippen molar-refractivity contribution in [1.82, 2.24) is 19.8 Å². The second kappa shape index (κ2) is 8.97. The van der Waals surface area contributed by atoms with E-state index in [2.05, 4.69) is 40.5 Å². The number of nitrogens with zero attached hydrogens (tertiary/aromatic N) is 4. The first-order valence-corrected chi connectivity index (χ1v) is 9.50. The third kappa shape index (κ3) is 4.64. The molecule has 2 heterocycles. The van der Waals surface area contributed by atoms with Crippen molar-refractivity contribution in [2.45, 2.75) is 25.7 Å². The van der Waals surface area contributed by atoms with Crippen LogP contribution >= 0.6 is 23.7 Å². The van der Waals surface area contributed by atoms with Gasteiger partial charge in [-0.2, -0.15) is 9.61 Å². The van der Waals surface area contributed by atoms with Crippen molar-refractivity contribution < 1.29 is 4.74 Å². The van der Waals surface area contributed by atoms with Crippen LogP contribution in [0.2, 0.25) is 0 Å². The van der Waals surface area contributed by atoms with E-state index in [1.165, 1.54) is 11.1 Å². The molecular formula is C20H21ClN4OS. The molecule has 0 saturated carbocycles. The number of benzene rings is 2. The van der Waals surface area contributed by atoms with Crippen molar-refractivity contribution in [1.29, 1.82) is 0 Å². The van der Waals surface area contributed by atoms with Gasteiger partial charge >= 0.3 is 0 Å². The molecule has 4 aromatic rings. The van der Waals surface area contributed by atoms with Crippen LogP contribution in [0.3, 0.4) is 0 Å². The molecule has 0 aliphatic heterocycles. The summed E-state index contributed by atoms with van der Waals surface area (Å²) in [6, 6.07) is 18.6. The fourth-order valence-corrected chi connectivity index (χ4v) is 3.82. The lowest BCUT2D eigenvalue weighted by molar-refractivity contribution is 0.414. The topological polar surface area (TPSA) is 52.3 Å². The summed E-state index contributed by atoms with van der Waals surface area (Å²) >= 11 is 1.63. The lowest BCUT2D eigenvalue weighted by atomic mass is 10.1. The first-order chi connectivity index (χ1) is 12.8. The molecule has 2 aromatic heterocycles. The Morgan fingerprint density at radius 3 is 2.44 bits per heavy atom. The summed E-state index contributed by atoms with van der Waals surface area (Å²) in [7, 11) is 1.67. The van der Waals surface area contributed by atoms with Crippen molar-refractivity contribution in [2.24, 2.45) is 0 Å². The number of halogens is 1. The Bertz CT molecular complexity index is 982. The maximum atomic E-state index is 5.20. The lowest BCUT2D eigenvalue weighted by Crippen LogP contribution is -1.99. The quantitative estimate of drug-likeness (QED) is 0.462. The average molecular weight is 401 g/mol. The van der Waals surface area contributed by atoms with Gasteiger partial charge in [-0.05, 0) is 36.1 Å². The molecule has 0 atom stereocenters. The minimum atomic E-state index is 0. The second-order valence-corrected chi connectivity index (χ2v) is 7.21. The third-order valence-electron chi connectivity index (χ3n) is 4.32. The summed E-state index contributed by atoms with van der Waals surface area (Å²) in [5.41, 5.74) is 2.54. The Balaban J connectivity index is 0.00000210. The molecule has 0 amide bonds. The number of fused-ring (bicyclic) bond motifs is 1. The SMILES string of the molecule is COc1ccc(Cc2nnc3sc(CCCc4ccccc4)nn23)cc1.Cl. The molecule has 140 valence electrons. The Morgan fingerprint density at radius 2 is 1.70 bits per heavy atom. The number of rotatable bonds is 7. The van der Waals surface area contributed by atoms with Gasteiger partial charge in [0.25, 0.3) is 0 Å². The standard InChI is InChI=1S/C20H20N4OS.ClH/c1-25-17-12-10-16(11-13-17)14-18-21-22-20-24(18)23-19(26-20)9-5-8-15-6-3-2-4-7-15;/h2-4,6-7,10-13H,5,8-9,14H2,1H3;1H. The van der Waals surface area contributed by atoms with Crippen LogP contribution in [-0.2, 0) is 19.3 Å². The first kappa shape index (κ1) is 19.3. The molecule has 0 bridgehead atoms. The van der Waals surface area contributed by atoms with Gasteiger partial charge < -0.3 is 4.74 Å². The number of aromatic nitrogens is 4. The molecular weight excluding hydrogens is 380 g/mol. The van der Waals surface area contributed by atoms with Crippen LogP contribution in [0.15, 0.2) is 54.6 Å². The normalized spacial score (nSPS) is 10.7. The molecule has 0 radical (unpaired) electrons. The van der Waals surface area contributed by atoms with Crippen LogP contribution in [0.5, 0.6) is 5.75 Å². The third-order valence-corrected chi connectivity index (χ3v) is 5.28. The minimum Gasteiger partial charge on any atom is -0.497 e. The highest BCUT2D eigenvalue weighted by Gasteiger charge is 2.12. The molecule has 0 aliphatic rings. The number of hydrogen-bond acceptors (Lipinski definition) is 5. The zero-order chi connectivity index (χ0) is 17.8. The molecule has 0 spiro atoms. The van der Waals surface area contributed by atoms with E-state index in [9.17, 15) is 0 Å². The fourth-order valence-electron chi connectivity index (χ4n) is 2.92. The number of aryl methyl sites for hydroxylation is 2. The van der Waals surface area contributed by atoms with Crippen LogP contribution in [0, 0.1) is 0 Å². The number of ether oxygens (including phenoxy) is 1. The van der Waals surface area contributed by atoms with Gasteiger partial charge in [-0.15, -0.1) is 22.6 Å². The smallest absolute Gasteiger partial charge is 0.234 e. The Kier molecular flexibility index (Phi) is 6.42. The summed E-state index contributed by atoms with van der Waals surface area (Å²) in [6.07, 6.45) is 3.82. The zero-order valence-electron chi connectivity index (χ0n) is 15.0. The summed E-state index contributed by atoms with van der Waals surface area (Å²) in [4.78, 5) is 0.864. The zero-order valence-corrected chi connectivity index (χ0v) is 16.7. The highest BCUT2D eigenvalue weighted by atomic mass is 35.5. The maximum Gasteiger partial charge on any atom is 0.234 e. The van der Waals surface area contributed by atoms with E-state index in [0.717, 1.165) is 40.8 Å². The van der Waals surface area contributed by atoms with Crippen molar-refractivity contribution >= 4 is 28.7 Å². The van der Waals surface area contributed by atoms with E-state index in [1.807, 2.05) is 28.8 Å². The van der Waals surface area contributed by atoms with E-state index in [4.69, 9.17) is 9.84 Å². The molecule has 0 unspecified atom stereocenters. The summed E-state index contributed by atoms with van der Waals surface area (Å²) in [6.45, 7) is 0. The molecule has 5 nitrogen and oxygen atoms in total. The van der Waals surface area contributed by atoms with Crippen molar-refractivity contribution in [3.05, 3.63) is 76.6 Å². The maximum absolute atomic E-state index is 5.20. The average Bonchev–Trinajstić information content (AvgIpc) is 3.25. The first-order valence-electron chi connectivity index (χ1n) is 8.68. The summed E-state index contributed by atoms with van der Waals surface area (Å²) < 4.78 is 7.09. The van der Waals surface area contributed by atoms with Gasteiger partial charge in [0, 0.05) is 12.8 Å². The van der Waals surface area contributed by atoms with Gasteiger partial charge in [0.2, 0.25) is 4.96 Å². The summed E-state index contributed by atoms with van der Waals surface area (Å²) in [5.74, 6) is 1.73. The minimum absolute atomic E-state index is 0. The Hall–Kier alpha value is -2.44. The van der Waals surface area contributed by atoms with Gasteiger partial charge in [0.1, 0.15) is 10.8 Å². The molecule has 27 heavy (non-hydrogen) atoms. The van der Waals surface area contributed by atoms with Crippen molar-refractivity contribution in [2.75, 3.05) is 7.11 Å². The van der Waals surface area contributed by atoms with Gasteiger partial charge in [0.15, 0.2) is 5.82 Å². The van der Waals surface area contributed by atoms with E-state index < -0.39 is 0 Å². The van der Waals surface area contributed by atoms with Crippen LogP contribution in [0.4, 0.5) is 0 Å². The van der Waals surface area contributed by atoms with Gasteiger partial charge in [0.05, 0.1) is 7.11 Å². The van der Waals surface area contributed by atoms with Crippen LogP contribution < -0.4 is 4.74 Å². The Labute approximate surface area is 168 Å². The van der Waals surface area contributed by atoms with E-state index in [-0.39, 0.29) is 12.4 Å². The van der Waals surface area contributed by atoms with Gasteiger partial charge in [-0.3, -0.25) is 0 Å². The van der Waals surface area contributed by atoms with Crippen molar-refractivity contribution in [3.63, 3.8) is 0 Å². The predicted octanol–water partition coefficient (Wildman–Crippen LogP) is 4.38. The summed E-state index contributed by atoms with van der Waals surface area (Å²) in [5, 5.41) is 14.4. The molecule has 0 N–H and O–H groups in total. The van der Waals surface area contributed by atoms with Crippen LogP contribution in [0.25, 0.3) is 4.96 Å². The Morgan fingerprint density at radius 1 is 0.926 bits per heavy atom. The van der Waals surface area contributed by atoms with Crippen LogP contribution in [-0.4, -0.2) is 26.9 Å². The second-order valence-electron chi connectivity index (χ2n) is 6.17. The highest BCUT2D eigenvalue weighted by molar-refractivity contribution is 7.16. The van der Waals surface area contributed by atoms with Gasteiger partial charge in [-0.25, -0.2) is 0 Å². The van der Waals surface area contributed by atoms with Crippen molar-refractivity contribution in [3.8, 4) is 5.75 Å². The van der Waals surface area contributed by atoms with E-state index >= 15 is 0 Å². The molecule has 0 aliphatic carbocycles. The fraction of sp³-hybridized carbons (Fsp3) is 0.250. The van der Waals surface area contributed by atoms with E-state index in [1.54, 1.807) is 18.4 Å².